The lowest BCUT2D eigenvalue weighted by molar-refractivity contribution is 0.373. The minimum Gasteiger partial charge on any atom is -0.481 e. The summed E-state index contributed by atoms with van der Waals surface area (Å²) in [6, 6.07) is 3.78. The first-order valence-electron chi connectivity index (χ1n) is 5.20. The number of rotatable bonds is 5. The first-order chi connectivity index (χ1) is 8.20. The van der Waals surface area contributed by atoms with Crippen LogP contribution >= 0.6 is 15.9 Å². The van der Waals surface area contributed by atoms with Crippen LogP contribution in [-0.2, 0) is 20.1 Å². The zero-order chi connectivity index (χ0) is 12.3. The highest BCUT2D eigenvalue weighted by molar-refractivity contribution is 9.10. The van der Waals surface area contributed by atoms with Crippen LogP contribution in [0.5, 0.6) is 5.88 Å². The summed E-state index contributed by atoms with van der Waals surface area (Å²) in [7, 11) is 3.49. The van der Waals surface area contributed by atoms with Crippen LogP contribution in [0.4, 0.5) is 0 Å². The van der Waals surface area contributed by atoms with Gasteiger partial charge in [0, 0.05) is 19.7 Å². The molecule has 6 heteroatoms. The van der Waals surface area contributed by atoms with Crippen LogP contribution in [0.15, 0.2) is 27.3 Å². The van der Waals surface area contributed by atoms with Gasteiger partial charge in [-0.05, 0) is 22.0 Å². The topological polar surface area (TPSA) is 52.2 Å². The number of methoxy groups -OCH3 is 1. The number of nitrogens with zero attached hydrogens (tertiary/aromatic N) is 2. The molecule has 2 heterocycles. The Morgan fingerprint density at radius 3 is 2.94 bits per heavy atom. The zero-order valence-corrected chi connectivity index (χ0v) is 11.3. The maximum absolute atomic E-state index is 5.29. The molecule has 92 valence electrons. The molecule has 0 aromatic carbocycles. The highest BCUT2D eigenvalue weighted by atomic mass is 79.9. The van der Waals surface area contributed by atoms with Crippen molar-refractivity contribution in [2.45, 2.75) is 13.1 Å². The third-order valence-electron chi connectivity index (χ3n) is 2.38. The van der Waals surface area contributed by atoms with E-state index in [0.29, 0.717) is 13.1 Å². The van der Waals surface area contributed by atoms with Crippen LogP contribution in [0.2, 0.25) is 0 Å². The highest BCUT2D eigenvalue weighted by Gasteiger charge is 2.06. The fraction of sp³-hybridized carbons (Fsp3) is 0.364. The fourth-order valence-corrected chi connectivity index (χ4v) is 1.88. The molecule has 0 aliphatic heterocycles. The number of hydrogen-bond acceptors (Lipinski definition) is 4. The third kappa shape index (κ3) is 2.89. The van der Waals surface area contributed by atoms with Crippen molar-refractivity contribution in [2.24, 2.45) is 7.05 Å². The minimum atomic E-state index is 0.659. The van der Waals surface area contributed by atoms with Crippen molar-refractivity contribution in [3.05, 3.63) is 34.3 Å². The second kappa shape index (κ2) is 5.37. The van der Waals surface area contributed by atoms with E-state index in [2.05, 4.69) is 26.3 Å². The van der Waals surface area contributed by atoms with Crippen molar-refractivity contribution < 1.29 is 9.15 Å². The Morgan fingerprint density at radius 1 is 1.53 bits per heavy atom. The Morgan fingerprint density at radius 2 is 2.35 bits per heavy atom. The summed E-state index contributed by atoms with van der Waals surface area (Å²) in [5, 5.41) is 7.56. The lowest BCUT2D eigenvalue weighted by atomic mass is 10.4. The first kappa shape index (κ1) is 12.2. The molecule has 2 rings (SSSR count). The van der Waals surface area contributed by atoms with Crippen molar-refractivity contribution >= 4 is 15.9 Å². The van der Waals surface area contributed by atoms with E-state index >= 15 is 0 Å². The Hall–Kier alpha value is -1.27. The summed E-state index contributed by atoms with van der Waals surface area (Å²) in [6.07, 6.45) is 1.66. The lowest BCUT2D eigenvalue weighted by Crippen LogP contribution is -2.13. The third-order valence-corrected chi connectivity index (χ3v) is 3.09. The molecule has 17 heavy (non-hydrogen) atoms. The molecule has 0 unspecified atom stereocenters. The molecule has 0 aliphatic carbocycles. The van der Waals surface area contributed by atoms with Crippen LogP contribution in [0.25, 0.3) is 0 Å². The lowest BCUT2D eigenvalue weighted by Gasteiger charge is -1.99. The normalized spacial score (nSPS) is 10.8. The van der Waals surface area contributed by atoms with E-state index in [1.54, 1.807) is 18.1 Å². The number of hydrogen-bond donors (Lipinski definition) is 1. The molecule has 0 saturated carbocycles. The molecule has 0 aliphatic rings. The van der Waals surface area contributed by atoms with Gasteiger partial charge in [0.15, 0.2) is 0 Å². The van der Waals surface area contributed by atoms with Crippen molar-refractivity contribution in [3.63, 3.8) is 0 Å². The van der Waals surface area contributed by atoms with Gasteiger partial charge in [0.05, 0.1) is 30.1 Å². The number of nitrogens with one attached hydrogen (secondary N) is 1. The number of ether oxygens (including phenoxy) is 1. The molecule has 0 fully saturated rings. The number of halogens is 1. The van der Waals surface area contributed by atoms with Crippen molar-refractivity contribution in [1.82, 2.24) is 15.1 Å². The molecule has 2 aromatic rings. The monoisotopic (exact) mass is 299 g/mol. The maximum Gasteiger partial charge on any atom is 0.211 e. The summed E-state index contributed by atoms with van der Waals surface area (Å²) in [6.45, 7) is 1.33. The molecule has 0 atom stereocenters. The minimum absolute atomic E-state index is 0.659. The van der Waals surface area contributed by atoms with Gasteiger partial charge < -0.3 is 14.5 Å². The van der Waals surface area contributed by atoms with Crippen LogP contribution in [-0.4, -0.2) is 16.9 Å². The number of furan rings is 1. The molecule has 2 aromatic heterocycles. The van der Waals surface area contributed by atoms with Gasteiger partial charge in [-0.15, -0.1) is 0 Å². The molecule has 0 amide bonds. The van der Waals surface area contributed by atoms with Crippen LogP contribution in [0, 0.1) is 0 Å². The van der Waals surface area contributed by atoms with Gasteiger partial charge in [-0.25, -0.2) is 4.68 Å². The van der Waals surface area contributed by atoms with Crippen LogP contribution in [0.3, 0.4) is 0 Å². The van der Waals surface area contributed by atoms with Crippen LogP contribution in [0.1, 0.15) is 11.5 Å². The van der Waals surface area contributed by atoms with Gasteiger partial charge in [0.1, 0.15) is 5.76 Å². The number of aryl methyl sites for hydroxylation is 1. The summed E-state index contributed by atoms with van der Waals surface area (Å²) in [5.74, 6) is 1.63. The predicted molar refractivity (Wildman–Crippen MR) is 66.7 cm³/mol. The van der Waals surface area contributed by atoms with Crippen molar-refractivity contribution in [2.75, 3.05) is 7.11 Å². The molecule has 5 nitrogen and oxygen atoms in total. The SMILES string of the molecule is COc1cc(CNCc2occc2Br)nn1C. The number of aromatic nitrogens is 2. The van der Waals surface area contributed by atoms with Gasteiger partial charge in [-0.1, -0.05) is 0 Å². The first-order valence-corrected chi connectivity index (χ1v) is 5.99. The molecular weight excluding hydrogens is 286 g/mol. The molecule has 0 spiro atoms. The van der Waals surface area contributed by atoms with Gasteiger partial charge in [-0.2, -0.15) is 5.10 Å². The smallest absolute Gasteiger partial charge is 0.211 e. The average Bonchev–Trinajstić information content (AvgIpc) is 2.86. The Labute approximate surface area is 108 Å². The van der Waals surface area contributed by atoms with E-state index in [4.69, 9.17) is 9.15 Å². The van der Waals surface area contributed by atoms with Crippen molar-refractivity contribution in [1.29, 1.82) is 0 Å². The molecular formula is C11H14BrN3O2. The Kier molecular flexibility index (Phi) is 3.86. The van der Waals surface area contributed by atoms with E-state index in [-0.39, 0.29) is 0 Å². The standard InChI is InChI=1S/C11H14BrN3O2/c1-15-11(16-2)5-8(14-15)6-13-7-10-9(12)3-4-17-10/h3-5,13H,6-7H2,1-2H3. The second-order valence-electron chi connectivity index (χ2n) is 3.60. The summed E-state index contributed by atoms with van der Waals surface area (Å²) < 4.78 is 13.1. The van der Waals surface area contributed by atoms with Gasteiger partial charge in [0.2, 0.25) is 5.88 Å². The van der Waals surface area contributed by atoms with Gasteiger partial charge in [-0.3, -0.25) is 0 Å². The molecule has 0 radical (unpaired) electrons. The van der Waals surface area contributed by atoms with Gasteiger partial charge >= 0.3 is 0 Å². The largest absolute Gasteiger partial charge is 0.481 e. The highest BCUT2D eigenvalue weighted by Crippen LogP contribution is 2.17. The van der Waals surface area contributed by atoms with E-state index in [0.717, 1.165) is 21.8 Å². The summed E-state index contributed by atoms with van der Waals surface area (Å²) in [4.78, 5) is 0. The molecule has 0 saturated heterocycles. The second-order valence-corrected chi connectivity index (χ2v) is 4.45. The summed E-state index contributed by atoms with van der Waals surface area (Å²) >= 11 is 3.41. The van der Waals surface area contributed by atoms with E-state index in [1.165, 1.54) is 0 Å². The Bertz CT molecular complexity index is 493. The van der Waals surface area contributed by atoms with Crippen LogP contribution < -0.4 is 10.1 Å². The quantitative estimate of drug-likeness (QED) is 0.918. The molecule has 0 bridgehead atoms. The maximum atomic E-state index is 5.29. The fourth-order valence-electron chi connectivity index (χ4n) is 1.54. The van der Waals surface area contributed by atoms with E-state index < -0.39 is 0 Å². The Balaban J connectivity index is 1.88. The van der Waals surface area contributed by atoms with E-state index in [9.17, 15) is 0 Å². The van der Waals surface area contributed by atoms with E-state index in [1.807, 2.05) is 19.2 Å². The predicted octanol–water partition coefficient (Wildman–Crippen LogP) is 2.07. The average molecular weight is 300 g/mol. The zero-order valence-electron chi connectivity index (χ0n) is 9.74. The van der Waals surface area contributed by atoms with Crippen molar-refractivity contribution in [3.8, 4) is 5.88 Å². The van der Waals surface area contributed by atoms with Gasteiger partial charge in [0.25, 0.3) is 0 Å². The summed E-state index contributed by atoms with van der Waals surface area (Å²) in [5.41, 5.74) is 0.937. The molecule has 1 N–H and O–H groups in total.